The van der Waals surface area contributed by atoms with Crippen molar-refractivity contribution in [3.05, 3.63) is 40.3 Å². The second-order valence-corrected chi connectivity index (χ2v) is 3.70. The summed E-state index contributed by atoms with van der Waals surface area (Å²) in [5.74, 6) is -1.20. The van der Waals surface area contributed by atoms with E-state index in [2.05, 4.69) is 15.5 Å². The molecule has 2 aromatic rings. The molecule has 0 radical (unpaired) electrons. The Hall–Kier alpha value is -2.70. The van der Waals surface area contributed by atoms with E-state index in [4.69, 9.17) is 4.74 Å². The molecule has 0 spiro atoms. The number of carbonyl (C=O) groups excluding carboxylic acids is 2. The van der Waals surface area contributed by atoms with Crippen molar-refractivity contribution in [1.82, 2.24) is 15.5 Å². The molecular weight excluding hydrogens is 250 g/mol. The Kier molecular flexibility index (Phi) is 3.56. The first-order chi connectivity index (χ1) is 9.13. The van der Waals surface area contributed by atoms with Crippen LogP contribution in [0.2, 0.25) is 0 Å². The molecule has 0 aliphatic heterocycles. The highest BCUT2D eigenvalue weighted by atomic mass is 16.5. The van der Waals surface area contributed by atoms with Crippen LogP contribution in [0.5, 0.6) is 0 Å². The van der Waals surface area contributed by atoms with Gasteiger partial charge in [-0.05, 0) is 6.07 Å². The number of hydrogen-bond donors (Lipinski definition) is 2. The second kappa shape index (κ2) is 5.30. The van der Waals surface area contributed by atoms with E-state index in [1.165, 1.54) is 7.05 Å². The highest BCUT2D eigenvalue weighted by molar-refractivity contribution is 6.02. The van der Waals surface area contributed by atoms with E-state index in [9.17, 15) is 14.4 Å². The van der Waals surface area contributed by atoms with Gasteiger partial charge >= 0.3 is 5.97 Å². The van der Waals surface area contributed by atoms with Crippen LogP contribution in [0.15, 0.2) is 29.1 Å². The number of hydrogen-bond acceptors (Lipinski definition) is 5. The molecule has 0 aliphatic carbocycles. The lowest BCUT2D eigenvalue weighted by atomic mass is 10.1. The predicted octanol–water partition coefficient (Wildman–Crippen LogP) is -0.174. The van der Waals surface area contributed by atoms with Crippen LogP contribution in [0.3, 0.4) is 0 Å². The van der Waals surface area contributed by atoms with Crippen molar-refractivity contribution < 1.29 is 14.3 Å². The zero-order valence-corrected chi connectivity index (χ0v) is 10.1. The molecule has 19 heavy (non-hydrogen) atoms. The maximum atomic E-state index is 11.8. The minimum atomic E-state index is -0.768. The number of aromatic amines is 1. The summed E-state index contributed by atoms with van der Waals surface area (Å²) in [6.45, 7) is -0.398. The molecule has 2 N–H and O–H groups in total. The number of nitrogens with one attached hydrogen (secondary N) is 2. The fourth-order valence-corrected chi connectivity index (χ4v) is 1.54. The molecule has 1 heterocycles. The van der Waals surface area contributed by atoms with Gasteiger partial charge in [0.15, 0.2) is 12.3 Å². The van der Waals surface area contributed by atoms with Crippen LogP contribution in [0.4, 0.5) is 0 Å². The number of fused-ring (bicyclic) bond motifs is 1. The lowest BCUT2D eigenvalue weighted by molar-refractivity contribution is -0.123. The number of nitrogens with zero attached hydrogens (tertiary/aromatic N) is 1. The Morgan fingerprint density at radius 1 is 1.32 bits per heavy atom. The van der Waals surface area contributed by atoms with Crippen LogP contribution >= 0.6 is 0 Å². The summed E-state index contributed by atoms with van der Waals surface area (Å²) in [6, 6.07) is 6.52. The van der Waals surface area contributed by atoms with E-state index in [1.807, 2.05) is 0 Å². The monoisotopic (exact) mass is 261 g/mol. The van der Waals surface area contributed by atoms with Gasteiger partial charge in [-0.15, -0.1) is 0 Å². The number of rotatable bonds is 3. The van der Waals surface area contributed by atoms with E-state index >= 15 is 0 Å². The Morgan fingerprint density at radius 2 is 2.00 bits per heavy atom. The molecule has 0 saturated carbocycles. The van der Waals surface area contributed by atoms with Gasteiger partial charge in [-0.25, -0.2) is 9.89 Å². The normalized spacial score (nSPS) is 10.2. The van der Waals surface area contributed by atoms with Gasteiger partial charge in [0, 0.05) is 12.4 Å². The molecular formula is C12H11N3O4. The minimum Gasteiger partial charge on any atom is -0.451 e. The van der Waals surface area contributed by atoms with Gasteiger partial charge in [0.1, 0.15) is 0 Å². The van der Waals surface area contributed by atoms with E-state index in [0.29, 0.717) is 10.8 Å². The van der Waals surface area contributed by atoms with Gasteiger partial charge in [-0.3, -0.25) is 9.59 Å². The highest BCUT2D eigenvalue weighted by Crippen LogP contribution is 2.12. The van der Waals surface area contributed by atoms with E-state index in [-0.39, 0.29) is 5.69 Å². The van der Waals surface area contributed by atoms with Crippen molar-refractivity contribution >= 4 is 22.6 Å². The number of carbonyl (C=O) groups is 2. The van der Waals surface area contributed by atoms with Gasteiger partial charge in [-0.1, -0.05) is 18.2 Å². The van der Waals surface area contributed by atoms with Crippen molar-refractivity contribution in [3.8, 4) is 0 Å². The Bertz CT molecular complexity index is 693. The van der Waals surface area contributed by atoms with Crippen LogP contribution in [0.25, 0.3) is 10.8 Å². The molecule has 98 valence electrons. The predicted molar refractivity (Wildman–Crippen MR) is 66.7 cm³/mol. The minimum absolute atomic E-state index is 0.0286. The average molecular weight is 261 g/mol. The van der Waals surface area contributed by atoms with Crippen LogP contribution in [-0.2, 0) is 9.53 Å². The number of H-pyrrole nitrogens is 1. The molecule has 0 aliphatic rings. The summed E-state index contributed by atoms with van der Waals surface area (Å²) >= 11 is 0. The number of likely N-dealkylation sites (N-methyl/N-ethyl adjacent to an activating group) is 1. The molecule has 1 aromatic heterocycles. The number of esters is 1. The average Bonchev–Trinajstić information content (AvgIpc) is 2.45. The topological polar surface area (TPSA) is 101 Å². The summed E-state index contributed by atoms with van der Waals surface area (Å²) in [7, 11) is 1.43. The molecule has 1 aromatic carbocycles. The molecule has 0 unspecified atom stereocenters. The first kappa shape index (κ1) is 12.7. The summed E-state index contributed by atoms with van der Waals surface area (Å²) in [5, 5.41) is 8.93. The summed E-state index contributed by atoms with van der Waals surface area (Å²) in [6.07, 6.45) is 0. The SMILES string of the molecule is CNC(=O)COC(=O)c1n[nH]c(=O)c2ccccc12. The maximum Gasteiger partial charge on any atom is 0.359 e. The smallest absolute Gasteiger partial charge is 0.359 e. The summed E-state index contributed by atoms with van der Waals surface area (Å²) in [5.41, 5.74) is -0.419. The van der Waals surface area contributed by atoms with Crippen molar-refractivity contribution in [1.29, 1.82) is 0 Å². The van der Waals surface area contributed by atoms with E-state index < -0.39 is 24.0 Å². The molecule has 1 amide bonds. The lowest BCUT2D eigenvalue weighted by Crippen LogP contribution is -2.26. The standard InChI is InChI=1S/C12H11N3O4/c1-13-9(16)6-19-12(18)10-7-4-2-3-5-8(7)11(17)15-14-10/h2-5H,6H2,1H3,(H,13,16)(H,15,17). The van der Waals surface area contributed by atoms with Crippen LogP contribution in [0.1, 0.15) is 10.5 Å². The number of benzene rings is 1. The molecule has 7 nitrogen and oxygen atoms in total. The Balaban J connectivity index is 2.35. The fourth-order valence-electron chi connectivity index (χ4n) is 1.54. The largest absolute Gasteiger partial charge is 0.451 e. The van der Waals surface area contributed by atoms with Gasteiger partial charge in [-0.2, -0.15) is 5.10 Å². The molecule has 2 rings (SSSR count). The number of amides is 1. The molecule has 0 bridgehead atoms. The first-order valence-corrected chi connectivity index (χ1v) is 5.48. The Labute approximate surface area is 107 Å². The van der Waals surface area contributed by atoms with Crippen molar-refractivity contribution in [2.24, 2.45) is 0 Å². The highest BCUT2D eigenvalue weighted by Gasteiger charge is 2.16. The third kappa shape index (κ3) is 2.59. The number of ether oxygens (including phenoxy) is 1. The van der Waals surface area contributed by atoms with Crippen molar-refractivity contribution in [2.75, 3.05) is 13.7 Å². The van der Waals surface area contributed by atoms with Crippen LogP contribution < -0.4 is 10.9 Å². The van der Waals surface area contributed by atoms with Gasteiger partial charge in [0.05, 0.1) is 5.39 Å². The molecule has 0 saturated heterocycles. The van der Waals surface area contributed by atoms with E-state index in [0.717, 1.165) is 0 Å². The zero-order valence-electron chi connectivity index (χ0n) is 10.1. The van der Waals surface area contributed by atoms with Gasteiger partial charge in [0.2, 0.25) is 0 Å². The molecule has 0 atom stereocenters. The Morgan fingerprint density at radius 3 is 2.68 bits per heavy atom. The number of aromatic nitrogens is 2. The molecule has 7 heteroatoms. The summed E-state index contributed by atoms with van der Waals surface area (Å²) < 4.78 is 4.79. The third-order valence-corrected chi connectivity index (χ3v) is 2.50. The quantitative estimate of drug-likeness (QED) is 0.747. The summed E-state index contributed by atoms with van der Waals surface area (Å²) in [4.78, 5) is 34.3. The van der Waals surface area contributed by atoms with Crippen LogP contribution in [0, 0.1) is 0 Å². The molecule has 0 fully saturated rings. The van der Waals surface area contributed by atoms with Gasteiger partial charge < -0.3 is 10.1 Å². The lowest BCUT2D eigenvalue weighted by Gasteiger charge is -2.05. The maximum absolute atomic E-state index is 11.8. The third-order valence-electron chi connectivity index (χ3n) is 2.50. The van der Waals surface area contributed by atoms with Crippen molar-refractivity contribution in [2.45, 2.75) is 0 Å². The van der Waals surface area contributed by atoms with Crippen LogP contribution in [-0.4, -0.2) is 35.7 Å². The second-order valence-electron chi connectivity index (χ2n) is 3.70. The van der Waals surface area contributed by atoms with Crippen molar-refractivity contribution in [3.63, 3.8) is 0 Å². The first-order valence-electron chi connectivity index (χ1n) is 5.48. The zero-order chi connectivity index (χ0) is 13.8. The van der Waals surface area contributed by atoms with E-state index in [1.54, 1.807) is 24.3 Å². The van der Waals surface area contributed by atoms with Gasteiger partial charge in [0.25, 0.3) is 11.5 Å². The fraction of sp³-hybridized carbons (Fsp3) is 0.167.